The van der Waals surface area contributed by atoms with Crippen molar-refractivity contribution >= 4 is 24.2 Å². The number of benzene rings is 1. The lowest BCUT2D eigenvalue weighted by Gasteiger charge is -2.21. The molecule has 6 nitrogen and oxygen atoms in total. The SMILES string of the molecule is CCOc1ccccc1C(CC)NC(=O)CNC(=O)[C@@H](N)C(C)C.Cl. The first-order valence-electron chi connectivity index (χ1n) is 8.45. The van der Waals surface area contributed by atoms with Crippen molar-refractivity contribution < 1.29 is 14.3 Å². The van der Waals surface area contributed by atoms with Crippen LogP contribution in [0, 0.1) is 5.92 Å². The van der Waals surface area contributed by atoms with E-state index in [1.54, 1.807) is 0 Å². The van der Waals surface area contributed by atoms with Crippen molar-refractivity contribution in [2.45, 2.75) is 46.2 Å². The summed E-state index contributed by atoms with van der Waals surface area (Å²) in [5.74, 6) is 0.216. The molecule has 1 aromatic carbocycles. The zero-order valence-electron chi connectivity index (χ0n) is 15.4. The molecule has 1 unspecified atom stereocenters. The van der Waals surface area contributed by atoms with Gasteiger partial charge >= 0.3 is 0 Å². The average molecular weight is 372 g/mol. The van der Waals surface area contributed by atoms with Crippen molar-refractivity contribution in [3.8, 4) is 5.75 Å². The second kappa shape index (κ2) is 11.7. The summed E-state index contributed by atoms with van der Waals surface area (Å²) in [5.41, 5.74) is 6.69. The normalized spacial score (nSPS) is 12.7. The van der Waals surface area contributed by atoms with E-state index in [0.29, 0.717) is 6.61 Å². The molecule has 0 aromatic heterocycles. The van der Waals surface area contributed by atoms with E-state index >= 15 is 0 Å². The topological polar surface area (TPSA) is 93.5 Å². The van der Waals surface area contributed by atoms with Crippen LogP contribution < -0.4 is 21.1 Å². The van der Waals surface area contributed by atoms with Crippen LogP contribution in [0.5, 0.6) is 5.75 Å². The molecule has 0 aliphatic heterocycles. The number of amides is 2. The lowest BCUT2D eigenvalue weighted by Crippen LogP contribution is -2.47. The van der Waals surface area contributed by atoms with E-state index < -0.39 is 6.04 Å². The van der Waals surface area contributed by atoms with Crippen LogP contribution in [0.2, 0.25) is 0 Å². The first-order chi connectivity index (χ1) is 11.4. The molecule has 2 amide bonds. The first kappa shape index (κ1) is 23.2. The molecule has 4 N–H and O–H groups in total. The largest absolute Gasteiger partial charge is 0.494 e. The Hall–Kier alpha value is -1.79. The summed E-state index contributed by atoms with van der Waals surface area (Å²) in [5, 5.41) is 5.51. The molecule has 0 aliphatic carbocycles. The van der Waals surface area contributed by atoms with Crippen molar-refractivity contribution in [3.05, 3.63) is 29.8 Å². The van der Waals surface area contributed by atoms with E-state index in [-0.39, 0.29) is 42.7 Å². The van der Waals surface area contributed by atoms with E-state index in [2.05, 4.69) is 10.6 Å². The minimum Gasteiger partial charge on any atom is -0.494 e. The monoisotopic (exact) mass is 371 g/mol. The minimum atomic E-state index is -0.613. The molecule has 0 bridgehead atoms. The Morgan fingerprint density at radius 3 is 2.40 bits per heavy atom. The van der Waals surface area contributed by atoms with Gasteiger partial charge in [-0.05, 0) is 25.3 Å². The van der Waals surface area contributed by atoms with Crippen LogP contribution in [0.3, 0.4) is 0 Å². The predicted molar refractivity (Wildman–Crippen MR) is 102 cm³/mol. The molecule has 1 aromatic rings. The third-order valence-corrected chi connectivity index (χ3v) is 3.78. The van der Waals surface area contributed by atoms with Crippen LogP contribution >= 0.6 is 12.4 Å². The highest BCUT2D eigenvalue weighted by atomic mass is 35.5. The summed E-state index contributed by atoms with van der Waals surface area (Å²) in [6.07, 6.45) is 0.718. The summed E-state index contributed by atoms with van der Waals surface area (Å²) in [4.78, 5) is 24.0. The highest BCUT2D eigenvalue weighted by Crippen LogP contribution is 2.27. The van der Waals surface area contributed by atoms with Gasteiger partial charge < -0.3 is 21.1 Å². The Morgan fingerprint density at radius 1 is 1.20 bits per heavy atom. The van der Waals surface area contributed by atoms with Gasteiger partial charge in [0.25, 0.3) is 0 Å². The number of hydrogen-bond donors (Lipinski definition) is 3. The highest BCUT2D eigenvalue weighted by molar-refractivity contribution is 5.87. The van der Waals surface area contributed by atoms with Gasteiger partial charge in [0.2, 0.25) is 11.8 Å². The van der Waals surface area contributed by atoms with Crippen LogP contribution in [0.4, 0.5) is 0 Å². The highest BCUT2D eigenvalue weighted by Gasteiger charge is 2.20. The number of nitrogens with two attached hydrogens (primary N) is 1. The Kier molecular flexibility index (Phi) is 10.9. The molecule has 0 saturated carbocycles. The molecule has 0 aliphatic rings. The average Bonchev–Trinajstić information content (AvgIpc) is 2.57. The number of carbonyl (C=O) groups is 2. The standard InChI is InChI=1S/C18H29N3O3.ClH/c1-5-14(13-9-7-8-10-15(13)24-6-2)21-16(22)11-20-18(23)17(19)12(3)4;/h7-10,12,14,17H,5-6,11,19H2,1-4H3,(H,20,23)(H,21,22);1H/t14?,17-;/m0./s1. The van der Waals surface area contributed by atoms with Gasteiger partial charge in [-0.25, -0.2) is 0 Å². The number of halogens is 1. The third kappa shape index (κ3) is 7.32. The van der Waals surface area contributed by atoms with Crippen molar-refractivity contribution in [1.29, 1.82) is 0 Å². The van der Waals surface area contributed by atoms with Gasteiger partial charge in [0.05, 0.1) is 25.2 Å². The van der Waals surface area contributed by atoms with E-state index in [1.165, 1.54) is 0 Å². The zero-order chi connectivity index (χ0) is 18.1. The Morgan fingerprint density at radius 2 is 1.84 bits per heavy atom. The lowest BCUT2D eigenvalue weighted by atomic mass is 10.0. The van der Waals surface area contributed by atoms with Gasteiger partial charge in [0, 0.05) is 5.56 Å². The van der Waals surface area contributed by atoms with E-state index in [9.17, 15) is 9.59 Å². The second-order valence-corrected chi connectivity index (χ2v) is 5.99. The Bertz CT molecular complexity index is 552. The van der Waals surface area contributed by atoms with E-state index in [1.807, 2.05) is 52.0 Å². The number of carbonyl (C=O) groups excluding carboxylic acids is 2. The summed E-state index contributed by atoms with van der Waals surface area (Å²) < 4.78 is 5.62. The quantitative estimate of drug-likeness (QED) is 0.620. The summed E-state index contributed by atoms with van der Waals surface area (Å²) in [6.45, 7) is 8.10. The van der Waals surface area contributed by atoms with Crippen LogP contribution in [0.15, 0.2) is 24.3 Å². The van der Waals surface area contributed by atoms with Crippen molar-refractivity contribution in [2.24, 2.45) is 11.7 Å². The molecule has 7 heteroatoms. The second-order valence-electron chi connectivity index (χ2n) is 5.99. The van der Waals surface area contributed by atoms with E-state index in [4.69, 9.17) is 10.5 Å². The number of rotatable bonds is 9. The fourth-order valence-corrected chi connectivity index (χ4v) is 2.29. The molecular weight excluding hydrogens is 342 g/mol. The van der Waals surface area contributed by atoms with Gasteiger partial charge in [-0.2, -0.15) is 0 Å². The molecule has 0 spiro atoms. The van der Waals surface area contributed by atoms with E-state index in [0.717, 1.165) is 17.7 Å². The zero-order valence-corrected chi connectivity index (χ0v) is 16.2. The number of ether oxygens (including phenoxy) is 1. The van der Waals surface area contributed by atoms with Gasteiger partial charge in [-0.15, -0.1) is 12.4 Å². The summed E-state index contributed by atoms with van der Waals surface area (Å²) in [6, 6.07) is 6.85. The molecule has 2 atom stereocenters. The van der Waals surface area contributed by atoms with Crippen LogP contribution in [-0.2, 0) is 9.59 Å². The molecule has 0 fully saturated rings. The van der Waals surface area contributed by atoms with Crippen molar-refractivity contribution in [1.82, 2.24) is 10.6 Å². The smallest absolute Gasteiger partial charge is 0.239 e. The van der Waals surface area contributed by atoms with Crippen LogP contribution in [0.25, 0.3) is 0 Å². The van der Waals surface area contributed by atoms with Gasteiger partial charge in [0.15, 0.2) is 0 Å². The summed E-state index contributed by atoms with van der Waals surface area (Å²) in [7, 11) is 0. The number of nitrogens with one attached hydrogen (secondary N) is 2. The number of hydrogen-bond acceptors (Lipinski definition) is 4. The summed E-state index contributed by atoms with van der Waals surface area (Å²) >= 11 is 0. The lowest BCUT2D eigenvalue weighted by molar-refractivity contribution is -0.127. The minimum absolute atomic E-state index is 0. The van der Waals surface area contributed by atoms with Gasteiger partial charge in [-0.3, -0.25) is 9.59 Å². The molecule has 0 heterocycles. The number of para-hydroxylation sites is 1. The molecule has 25 heavy (non-hydrogen) atoms. The molecule has 0 saturated heterocycles. The third-order valence-electron chi connectivity index (χ3n) is 3.78. The maximum atomic E-state index is 12.1. The predicted octanol–water partition coefficient (Wildman–Crippen LogP) is 2.17. The Balaban J connectivity index is 0.00000576. The molecule has 0 radical (unpaired) electrons. The van der Waals surface area contributed by atoms with Crippen LogP contribution in [-0.4, -0.2) is 31.0 Å². The first-order valence-corrected chi connectivity index (χ1v) is 8.45. The van der Waals surface area contributed by atoms with Crippen LogP contribution in [0.1, 0.15) is 45.7 Å². The molecule has 142 valence electrons. The van der Waals surface area contributed by atoms with Gasteiger partial charge in [0.1, 0.15) is 5.75 Å². The van der Waals surface area contributed by atoms with Crippen molar-refractivity contribution in [2.75, 3.05) is 13.2 Å². The maximum absolute atomic E-state index is 12.1. The van der Waals surface area contributed by atoms with Crippen molar-refractivity contribution in [3.63, 3.8) is 0 Å². The fourth-order valence-electron chi connectivity index (χ4n) is 2.29. The maximum Gasteiger partial charge on any atom is 0.239 e. The fraction of sp³-hybridized carbons (Fsp3) is 0.556. The van der Waals surface area contributed by atoms with Gasteiger partial charge in [-0.1, -0.05) is 39.0 Å². The molecular formula is C18H30ClN3O3. The Labute approximate surface area is 156 Å². The molecule has 1 rings (SSSR count).